The summed E-state index contributed by atoms with van der Waals surface area (Å²) in [5, 5.41) is 17.6. The van der Waals surface area contributed by atoms with Gasteiger partial charge in [0.25, 0.3) is 0 Å². The number of aliphatic hydroxyl groups is 2. The van der Waals surface area contributed by atoms with Crippen molar-refractivity contribution in [2.45, 2.75) is 26.4 Å². The van der Waals surface area contributed by atoms with Gasteiger partial charge < -0.3 is 10.2 Å². The molecule has 2 heteroatoms. The quantitative estimate of drug-likeness (QED) is 0.550. The fourth-order valence-electron chi connectivity index (χ4n) is 0.223. The first-order valence-electron chi connectivity index (χ1n) is 2.81. The molecule has 0 bridgehead atoms. The number of rotatable bonds is 2. The zero-order valence-corrected chi connectivity index (χ0v) is 5.68. The van der Waals surface area contributed by atoms with E-state index in [1.165, 1.54) is 0 Å². The summed E-state index contributed by atoms with van der Waals surface area (Å²) >= 11 is 0. The van der Waals surface area contributed by atoms with E-state index >= 15 is 0 Å². The Morgan fingerprint density at radius 1 is 1.50 bits per heavy atom. The molecule has 0 amide bonds. The summed E-state index contributed by atoms with van der Waals surface area (Å²) < 4.78 is 0. The summed E-state index contributed by atoms with van der Waals surface area (Å²) in [5.74, 6) is -0.0394. The minimum Gasteiger partial charge on any atom is -0.396 e. The molecule has 8 heavy (non-hydrogen) atoms. The van der Waals surface area contributed by atoms with E-state index in [1.807, 2.05) is 0 Å². The largest absolute Gasteiger partial charge is 0.396 e. The molecule has 50 valence electrons. The smallest absolute Gasteiger partial charge is 0.0639 e. The van der Waals surface area contributed by atoms with Crippen molar-refractivity contribution < 1.29 is 10.2 Å². The van der Waals surface area contributed by atoms with Gasteiger partial charge in [-0.2, -0.15) is 0 Å². The van der Waals surface area contributed by atoms with Gasteiger partial charge in [-0.3, -0.25) is 0 Å². The molecule has 2 nitrogen and oxygen atoms in total. The molecule has 0 aliphatic heterocycles. The van der Waals surface area contributed by atoms with Gasteiger partial charge >= 0.3 is 0 Å². The Morgan fingerprint density at radius 2 is 1.88 bits per heavy atom. The summed E-state index contributed by atoms with van der Waals surface area (Å²) in [5.41, 5.74) is -0.741. The van der Waals surface area contributed by atoms with E-state index in [0.717, 1.165) is 0 Å². The van der Waals surface area contributed by atoms with Crippen molar-refractivity contribution in [3.8, 4) is 0 Å². The minimum atomic E-state index is -0.741. The molecule has 1 atom stereocenters. The van der Waals surface area contributed by atoms with Crippen LogP contribution in [0.1, 0.15) is 20.8 Å². The van der Waals surface area contributed by atoms with Crippen molar-refractivity contribution in [1.82, 2.24) is 0 Å². The molecule has 0 aliphatic rings. The predicted molar refractivity (Wildman–Crippen MR) is 32.5 cm³/mol. The zero-order chi connectivity index (χ0) is 6.78. The Balaban J connectivity index is 3.62. The van der Waals surface area contributed by atoms with Gasteiger partial charge in [-0.15, -0.1) is 0 Å². The fourth-order valence-corrected chi connectivity index (χ4v) is 0.223. The molecule has 0 radical (unpaired) electrons. The molecule has 0 saturated carbocycles. The van der Waals surface area contributed by atoms with Gasteiger partial charge in [0, 0.05) is 12.5 Å². The molecule has 0 aliphatic carbocycles. The van der Waals surface area contributed by atoms with E-state index in [1.54, 1.807) is 20.8 Å². The van der Waals surface area contributed by atoms with E-state index in [9.17, 15) is 0 Å². The Hall–Kier alpha value is -0.0800. The predicted octanol–water partition coefficient (Wildman–Crippen LogP) is 0.386. The fraction of sp³-hybridized carbons (Fsp3) is 1.00. The third-order valence-electron chi connectivity index (χ3n) is 1.48. The van der Waals surface area contributed by atoms with Crippen LogP contribution < -0.4 is 0 Å². The van der Waals surface area contributed by atoms with Crippen molar-refractivity contribution in [3.63, 3.8) is 0 Å². The van der Waals surface area contributed by atoms with Crippen LogP contribution in [-0.4, -0.2) is 22.4 Å². The highest BCUT2D eigenvalue weighted by Crippen LogP contribution is 2.13. The van der Waals surface area contributed by atoms with Crippen LogP contribution in [0.2, 0.25) is 0 Å². The van der Waals surface area contributed by atoms with Crippen LogP contribution in [-0.2, 0) is 0 Å². The van der Waals surface area contributed by atoms with Crippen molar-refractivity contribution in [1.29, 1.82) is 0 Å². The van der Waals surface area contributed by atoms with Crippen LogP contribution >= 0.6 is 0 Å². The van der Waals surface area contributed by atoms with Crippen molar-refractivity contribution in [2.75, 3.05) is 6.61 Å². The van der Waals surface area contributed by atoms with Crippen LogP contribution in [0.15, 0.2) is 0 Å². The molecule has 0 heterocycles. The average molecular weight is 118 g/mol. The summed E-state index contributed by atoms with van der Waals surface area (Å²) in [4.78, 5) is 0. The normalized spacial score (nSPS) is 16.1. The van der Waals surface area contributed by atoms with E-state index in [-0.39, 0.29) is 12.5 Å². The molecule has 0 unspecified atom stereocenters. The topological polar surface area (TPSA) is 40.5 Å². The number of aliphatic hydroxyl groups excluding tert-OH is 1. The molecule has 2 N–H and O–H groups in total. The second-order valence-corrected chi connectivity index (χ2v) is 2.74. The van der Waals surface area contributed by atoms with Gasteiger partial charge in [0.05, 0.1) is 5.60 Å². The lowest BCUT2D eigenvalue weighted by atomic mass is 9.94. The highest BCUT2D eigenvalue weighted by Gasteiger charge is 2.20. The van der Waals surface area contributed by atoms with Crippen LogP contribution in [0.4, 0.5) is 0 Å². The van der Waals surface area contributed by atoms with Crippen LogP contribution in [0.5, 0.6) is 0 Å². The van der Waals surface area contributed by atoms with E-state index in [0.29, 0.717) is 0 Å². The van der Waals surface area contributed by atoms with Gasteiger partial charge in [0.2, 0.25) is 0 Å². The Labute approximate surface area is 50.2 Å². The van der Waals surface area contributed by atoms with Gasteiger partial charge in [-0.25, -0.2) is 0 Å². The maximum absolute atomic E-state index is 9.13. The zero-order valence-electron chi connectivity index (χ0n) is 5.68. The van der Waals surface area contributed by atoms with E-state index in [4.69, 9.17) is 10.2 Å². The Bertz CT molecular complexity index is 63.4. The highest BCUT2D eigenvalue weighted by atomic mass is 16.3. The average Bonchev–Trinajstić information content (AvgIpc) is 1.62. The van der Waals surface area contributed by atoms with Gasteiger partial charge in [0.15, 0.2) is 0 Å². The first-order valence-corrected chi connectivity index (χ1v) is 2.81. The second kappa shape index (κ2) is 2.46. The molecule has 0 aromatic heterocycles. The molecule has 0 fully saturated rings. The first-order chi connectivity index (χ1) is 3.48. The van der Waals surface area contributed by atoms with E-state index < -0.39 is 5.60 Å². The molecule has 0 rings (SSSR count). The maximum Gasteiger partial charge on any atom is 0.0639 e. The Kier molecular flexibility index (Phi) is 2.44. The molecule has 0 spiro atoms. The molecular formula is C6H14O2. The third kappa shape index (κ3) is 2.28. The third-order valence-corrected chi connectivity index (χ3v) is 1.48. The van der Waals surface area contributed by atoms with Crippen LogP contribution in [0.3, 0.4) is 0 Å². The lowest BCUT2D eigenvalue weighted by molar-refractivity contribution is 0.000239. The van der Waals surface area contributed by atoms with Gasteiger partial charge in [-0.1, -0.05) is 6.92 Å². The SMILES string of the molecule is C[C@H](CO)C(C)(C)O. The molecular weight excluding hydrogens is 104 g/mol. The van der Waals surface area contributed by atoms with E-state index in [2.05, 4.69) is 0 Å². The summed E-state index contributed by atoms with van der Waals surface area (Å²) in [6, 6.07) is 0. The number of hydrogen-bond donors (Lipinski definition) is 2. The first kappa shape index (κ1) is 7.92. The highest BCUT2D eigenvalue weighted by molar-refractivity contribution is 4.71. The van der Waals surface area contributed by atoms with Gasteiger partial charge in [-0.05, 0) is 13.8 Å². The lowest BCUT2D eigenvalue weighted by Gasteiger charge is -2.23. The standard InChI is InChI=1S/C6H14O2/c1-5(4-7)6(2,3)8/h5,7-8H,4H2,1-3H3/t5-/m1/s1. The summed E-state index contributed by atoms with van der Waals surface area (Å²) in [6.45, 7) is 5.23. The summed E-state index contributed by atoms with van der Waals surface area (Å²) in [7, 11) is 0. The lowest BCUT2D eigenvalue weighted by Crippen LogP contribution is -2.30. The van der Waals surface area contributed by atoms with Crippen molar-refractivity contribution in [2.24, 2.45) is 5.92 Å². The molecule has 0 saturated heterocycles. The van der Waals surface area contributed by atoms with Gasteiger partial charge in [0.1, 0.15) is 0 Å². The van der Waals surface area contributed by atoms with Crippen LogP contribution in [0.25, 0.3) is 0 Å². The summed E-state index contributed by atoms with van der Waals surface area (Å²) in [6.07, 6.45) is 0. The Morgan fingerprint density at radius 3 is 1.88 bits per heavy atom. The van der Waals surface area contributed by atoms with Crippen molar-refractivity contribution >= 4 is 0 Å². The minimum absolute atomic E-state index is 0.0394. The monoisotopic (exact) mass is 118 g/mol. The maximum atomic E-state index is 9.13. The van der Waals surface area contributed by atoms with Crippen LogP contribution in [0, 0.1) is 5.92 Å². The molecule has 0 aromatic carbocycles. The second-order valence-electron chi connectivity index (χ2n) is 2.74. The molecule has 0 aromatic rings. The van der Waals surface area contributed by atoms with Crippen molar-refractivity contribution in [3.05, 3.63) is 0 Å². The number of hydrogen-bond acceptors (Lipinski definition) is 2.